The van der Waals surface area contributed by atoms with Crippen LogP contribution in [0.1, 0.15) is 16.2 Å². The van der Waals surface area contributed by atoms with Gasteiger partial charge in [-0.1, -0.05) is 6.07 Å². The smallest absolute Gasteiger partial charge is 0.185 e. The standard InChI is InChI=1S/C17H9FN2O2/c18-10-6-12-15(17-8(10)3-5-22-17)14-9-2-1-4-19-11(9)7-13(21)16(14)20-12/h1-6,20H,7H2. The lowest BCUT2D eigenvalue weighted by Gasteiger charge is -2.14. The second kappa shape index (κ2) is 3.82. The Kier molecular flexibility index (Phi) is 2.03. The van der Waals surface area contributed by atoms with E-state index >= 15 is 0 Å². The number of carbonyl (C=O) groups excluding carboxylic acids is 1. The molecule has 5 heteroatoms. The quantitative estimate of drug-likeness (QED) is 0.535. The van der Waals surface area contributed by atoms with E-state index in [4.69, 9.17) is 4.42 Å². The minimum Gasteiger partial charge on any atom is -0.463 e. The number of pyridine rings is 1. The molecule has 0 fully saturated rings. The van der Waals surface area contributed by atoms with Crippen molar-refractivity contribution in [3.63, 3.8) is 0 Å². The molecule has 22 heavy (non-hydrogen) atoms. The van der Waals surface area contributed by atoms with E-state index in [-0.39, 0.29) is 18.0 Å². The summed E-state index contributed by atoms with van der Waals surface area (Å²) >= 11 is 0. The maximum Gasteiger partial charge on any atom is 0.185 e. The normalized spacial score (nSPS) is 13.6. The molecule has 0 bridgehead atoms. The molecule has 0 unspecified atom stereocenters. The van der Waals surface area contributed by atoms with Gasteiger partial charge in [-0.05, 0) is 18.2 Å². The number of rotatable bonds is 0. The highest BCUT2D eigenvalue weighted by molar-refractivity contribution is 6.20. The zero-order valence-corrected chi connectivity index (χ0v) is 11.3. The number of ketones is 1. The van der Waals surface area contributed by atoms with Crippen LogP contribution in [0, 0.1) is 5.82 Å². The topological polar surface area (TPSA) is 58.9 Å². The van der Waals surface area contributed by atoms with Gasteiger partial charge in [-0.3, -0.25) is 9.78 Å². The summed E-state index contributed by atoms with van der Waals surface area (Å²) in [7, 11) is 0. The van der Waals surface area contributed by atoms with Crippen LogP contribution < -0.4 is 0 Å². The summed E-state index contributed by atoms with van der Waals surface area (Å²) in [6.45, 7) is 0. The van der Waals surface area contributed by atoms with E-state index in [2.05, 4.69) is 9.97 Å². The van der Waals surface area contributed by atoms with Crippen LogP contribution >= 0.6 is 0 Å². The number of H-pyrrole nitrogens is 1. The first-order valence-electron chi connectivity index (χ1n) is 6.93. The van der Waals surface area contributed by atoms with Crippen LogP contribution in [-0.4, -0.2) is 15.8 Å². The number of aromatic amines is 1. The Morgan fingerprint density at radius 3 is 3.14 bits per heavy atom. The Balaban J connectivity index is 2.05. The van der Waals surface area contributed by atoms with E-state index in [1.165, 1.54) is 12.3 Å². The van der Waals surface area contributed by atoms with Gasteiger partial charge in [0.2, 0.25) is 0 Å². The second-order valence-corrected chi connectivity index (χ2v) is 5.42. The number of carbonyl (C=O) groups is 1. The molecule has 3 heterocycles. The van der Waals surface area contributed by atoms with E-state index in [0.29, 0.717) is 22.2 Å². The fraction of sp³-hybridized carbons (Fsp3) is 0.0588. The van der Waals surface area contributed by atoms with Crippen molar-refractivity contribution in [2.45, 2.75) is 6.42 Å². The van der Waals surface area contributed by atoms with Crippen LogP contribution in [0.5, 0.6) is 0 Å². The molecule has 4 nitrogen and oxygen atoms in total. The third kappa shape index (κ3) is 1.30. The number of halogens is 1. The molecule has 1 aliphatic rings. The Labute approximate surface area is 123 Å². The van der Waals surface area contributed by atoms with Gasteiger partial charge in [0.05, 0.1) is 40.4 Å². The largest absolute Gasteiger partial charge is 0.463 e. The van der Waals surface area contributed by atoms with Crippen LogP contribution in [0.15, 0.2) is 41.1 Å². The molecule has 0 aliphatic heterocycles. The molecule has 0 radical (unpaired) electrons. The predicted octanol–water partition coefficient (Wildman–Crippen LogP) is 3.85. The van der Waals surface area contributed by atoms with Gasteiger partial charge in [-0.15, -0.1) is 0 Å². The van der Waals surface area contributed by atoms with Crippen molar-refractivity contribution in [3.05, 3.63) is 53.9 Å². The van der Waals surface area contributed by atoms with Crippen molar-refractivity contribution in [2.24, 2.45) is 0 Å². The summed E-state index contributed by atoms with van der Waals surface area (Å²) in [4.78, 5) is 19.7. The third-order valence-corrected chi connectivity index (χ3v) is 4.22. The Morgan fingerprint density at radius 1 is 1.32 bits per heavy atom. The minimum atomic E-state index is -0.367. The van der Waals surface area contributed by atoms with E-state index < -0.39 is 0 Å². The maximum atomic E-state index is 14.1. The van der Waals surface area contributed by atoms with Crippen molar-refractivity contribution < 1.29 is 13.6 Å². The fourth-order valence-electron chi connectivity index (χ4n) is 3.28. The van der Waals surface area contributed by atoms with E-state index in [0.717, 1.165) is 22.2 Å². The molecule has 3 aromatic heterocycles. The summed E-state index contributed by atoms with van der Waals surface area (Å²) < 4.78 is 19.6. The van der Waals surface area contributed by atoms with Crippen LogP contribution in [0.4, 0.5) is 4.39 Å². The molecule has 1 N–H and O–H groups in total. The number of nitrogens with zero attached hydrogens (tertiary/aromatic N) is 1. The average molecular weight is 292 g/mol. The van der Waals surface area contributed by atoms with Crippen LogP contribution in [0.2, 0.25) is 0 Å². The first kappa shape index (κ1) is 11.7. The molecule has 1 aliphatic carbocycles. The van der Waals surface area contributed by atoms with Crippen molar-refractivity contribution >= 4 is 27.7 Å². The molecule has 0 spiro atoms. The number of nitrogens with one attached hydrogen (secondary N) is 1. The summed E-state index contributed by atoms with van der Waals surface area (Å²) in [5.41, 5.74) is 3.91. The van der Waals surface area contributed by atoms with Gasteiger partial charge in [0.15, 0.2) is 5.78 Å². The molecule has 0 saturated carbocycles. The first-order chi connectivity index (χ1) is 10.7. The molecule has 106 valence electrons. The molecule has 0 amide bonds. The summed E-state index contributed by atoms with van der Waals surface area (Å²) in [6.07, 6.45) is 3.38. The van der Waals surface area contributed by atoms with Crippen LogP contribution in [0.25, 0.3) is 33.0 Å². The maximum absolute atomic E-state index is 14.1. The van der Waals surface area contributed by atoms with Crippen LogP contribution in [-0.2, 0) is 6.42 Å². The van der Waals surface area contributed by atoms with Gasteiger partial charge in [0.25, 0.3) is 0 Å². The Morgan fingerprint density at radius 2 is 2.23 bits per heavy atom. The summed E-state index contributed by atoms with van der Waals surface area (Å²) in [5, 5.41) is 1.15. The zero-order chi connectivity index (χ0) is 14.8. The SMILES string of the molecule is O=C1Cc2ncccc2-c2c1[nH]c1cc(F)c3ccoc3c21. The van der Waals surface area contributed by atoms with E-state index in [1.807, 2.05) is 12.1 Å². The van der Waals surface area contributed by atoms with E-state index in [9.17, 15) is 9.18 Å². The monoisotopic (exact) mass is 292 g/mol. The number of hydrogen-bond donors (Lipinski definition) is 1. The lowest BCUT2D eigenvalue weighted by Crippen LogP contribution is -2.13. The second-order valence-electron chi connectivity index (χ2n) is 5.42. The molecule has 0 saturated heterocycles. The van der Waals surface area contributed by atoms with Gasteiger partial charge in [-0.25, -0.2) is 4.39 Å². The number of Topliss-reactive ketones (excluding diaryl/α,β-unsaturated/α-hetero) is 1. The summed E-state index contributed by atoms with van der Waals surface area (Å²) in [6, 6.07) is 6.77. The number of fused-ring (bicyclic) bond motifs is 7. The molecular weight excluding hydrogens is 283 g/mol. The highest BCUT2D eigenvalue weighted by atomic mass is 19.1. The van der Waals surface area contributed by atoms with E-state index in [1.54, 1.807) is 12.3 Å². The third-order valence-electron chi connectivity index (χ3n) is 4.22. The van der Waals surface area contributed by atoms with Crippen molar-refractivity contribution in [1.29, 1.82) is 0 Å². The highest BCUT2D eigenvalue weighted by Gasteiger charge is 2.29. The fourth-order valence-corrected chi connectivity index (χ4v) is 3.28. The summed E-state index contributed by atoms with van der Waals surface area (Å²) in [5.74, 6) is -0.411. The highest BCUT2D eigenvalue weighted by Crippen LogP contribution is 2.42. The first-order valence-corrected chi connectivity index (χ1v) is 6.93. The average Bonchev–Trinajstić information content (AvgIpc) is 3.11. The van der Waals surface area contributed by atoms with Gasteiger partial charge >= 0.3 is 0 Å². The number of hydrogen-bond acceptors (Lipinski definition) is 3. The van der Waals surface area contributed by atoms with Gasteiger partial charge in [-0.2, -0.15) is 0 Å². The molecule has 5 rings (SSSR count). The number of aromatic nitrogens is 2. The Hall–Kier alpha value is -2.95. The minimum absolute atomic E-state index is 0.0440. The lowest BCUT2D eigenvalue weighted by atomic mass is 9.90. The lowest BCUT2D eigenvalue weighted by molar-refractivity contribution is 0.0987. The van der Waals surface area contributed by atoms with Crippen molar-refractivity contribution in [2.75, 3.05) is 0 Å². The number of furan rings is 1. The van der Waals surface area contributed by atoms with Gasteiger partial charge < -0.3 is 9.40 Å². The molecule has 4 aromatic rings. The van der Waals surface area contributed by atoms with Crippen molar-refractivity contribution in [3.8, 4) is 11.1 Å². The predicted molar refractivity (Wildman–Crippen MR) is 79.3 cm³/mol. The van der Waals surface area contributed by atoms with Crippen molar-refractivity contribution in [1.82, 2.24) is 9.97 Å². The Bertz CT molecular complexity index is 1090. The van der Waals surface area contributed by atoms with Gasteiger partial charge in [0.1, 0.15) is 11.4 Å². The molecule has 1 aromatic carbocycles. The van der Waals surface area contributed by atoms with Gasteiger partial charge in [0, 0.05) is 17.3 Å². The number of benzene rings is 1. The zero-order valence-electron chi connectivity index (χ0n) is 11.3. The van der Waals surface area contributed by atoms with Crippen LogP contribution in [0.3, 0.4) is 0 Å². The molecular formula is C17H9FN2O2. The molecule has 0 atom stereocenters.